The molecule has 5 nitrogen and oxygen atoms in total. The Hall–Kier alpha value is -1.72. The average Bonchev–Trinajstić information content (AvgIpc) is 3.27. The lowest BCUT2D eigenvalue weighted by Gasteiger charge is -2.50. The van der Waals surface area contributed by atoms with E-state index >= 15 is 0 Å². The van der Waals surface area contributed by atoms with Gasteiger partial charge in [0.1, 0.15) is 5.60 Å². The van der Waals surface area contributed by atoms with E-state index in [9.17, 15) is 4.79 Å². The molecule has 1 spiro atoms. The van der Waals surface area contributed by atoms with E-state index in [2.05, 4.69) is 11.1 Å². The number of ether oxygens (including phenoxy) is 2. The Morgan fingerprint density at radius 3 is 2.96 bits per heavy atom. The van der Waals surface area contributed by atoms with E-state index in [0.717, 1.165) is 69.5 Å². The van der Waals surface area contributed by atoms with Crippen molar-refractivity contribution in [2.75, 3.05) is 26.3 Å². The Bertz CT molecular complexity index is 638. The van der Waals surface area contributed by atoms with Crippen LogP contribution >= 0.6 is 0 Å². The Balaban J connectivity index is 1.24. The smallest absolute Gasteiger partial charge is 0.249 e. The Morgan fingerprint density at radius 2 is 2.20 bits per heavy atom. The minimum atomic E-state index is -0.116. The largest absolute Gasteiger partial charge is 0.377 e. The molecule has 0 N–H and O–H groups in total. The van der Waals surface area contributed by atoms with Gasteiger partial charge in [0.2, 0.25) is 5.91 Å². The molecule has 1 aromatic rings. The zero-order valence-corrected chi connectivity index (χ0v) is 14.7. The monoisotopic (exact) mass is 342 g/mol. The van der Waals surface area contributed by atoms with Gasteiger partial charge >= 0.3 is 0 Å². The lowest BCUT2D eigenvalue weighted by Crippen LogP contribution is -2.66. The van der Waals surface area contributed by atoms with Crippen LogP contribution in [0.3, 0.4) is 0 Å². The molecule has 0 unspecified atom stereocenters. The van der Waals surface area contributed by atoms with Crippen LogP contribution in [-0.4, -0.2) is 47.7 Å². The summed E-state index contributed by atoms with van der Waals surface area (Å²) >= 11 is 0. The molecule has 2 fully saturated rings. The van der Waals surface area contributed by atoms with E-state index in [-0.39, 0.29) is 11.5 Å². The second-order valence-electron chi connectivity index (χ2n) is 7.38. The number of aromatic nitrogens is 1. The van der Waals surface area contributed by atoms with Crippen LogP contribution in [0.1, 0.15) is 37.7 Å². The molecule has 1 aliphatic carbocycles. The summed E-state index contributed by atoms with van der Waals surface area (Å²) in [5.41, 5.74) is 2.04. The summed E-state index contributed by atoms with van der Waals surface area (Å²) in [4.78, 5) is 18.4. The van der Waals surface area contributed by atoms with Gasteiger partial charge in [-0.25, -0.2) is 0 Å². The number of allylic oxidation sites excluding steroid dienone is 1. The lowest BCUT2D eigenvalue weighted by atomic mass is 9.79. The number of rotatable bonds is 6. The SMILES string of the molecule is O=C(C1=CCCC1)N1CC2(C1)OCC[C@@H]2CCOCc1ccncc1. The molecular weight excluding hydrogens is 316 g/mol. The van der Waals surface area contributed by atoms with Crippen molar-refractivity contribution in [3.05, 3.63) is 41.7 Å². The van der Waals surface area contributed by atoms with Crippen molar-refractivity contribution >= 4 is 5.91 Å². The highest BCUT2D eigenvalue weighted by Crippen LogP contribution is 2.42. The standard InChI is InChI=1S/C20H26N2O3/c23-19(17-3-1-2-4-17)22-14-20(15-22)18(8-12-25-20)7-11-24-13-16-5-9-21-10-6-16/h3,5-6,9-10,18H,1-2,4,7-8,11-15H2/t18-/m0/s1. The first-order chi connectivity index (χ1) is 12.3. The Kier molecular flexibility index (Phi) is 4.86. The van der Waals surface area contributed by atoms with Crippen molar-refractivity contribution in [1.82, 2.24) is 9.88 Å². The van der Waals surface area contributed by atoms with Gasteiger partial charge in [-0.2, -0.15) is 0 Å². The van der Waals surface area contributed by atoms with E-state index < -0.39 is 0 Å². The van der Waals surface area contributed by atoms with Gasteiger partial charge in [0.25, 0.3) is 0 Å². The first kappa shape index (κ1) is 16.7. The fourth-order valence-corrected chi connectivity index (χ4v) is 4.25. The number of nitrogens with zero attached hydrogens (tertiary/aromatic N) is 2. The van der Waals surface area contributed by atoms with Crippen molar-refractivity contribution in [1.29, 1.82) is 0 Å². The molecule has 1 amide bonds. The first-order valence-corrected chi connectivity index (χ1v) is 9.36. The highest BCUT2D eigenvalue weighted by molar-refractivity contribution is 5.94. The Morgan fingerprint density at radius 1 is 1.36 bits per heavy atom. The maximum atomic E-state index is 12.5. The van der Waals surface area contributed by atoms with Gasteiger partial charge in [0.05, 0.1) is 19.7 Å². The maximum Gasteiger partial charge on any atom is 0.249 e. The summed E-state index contributed by atoms with van der Waals surface area (Å²) in [7, 11) is 0. The van der Waals surface area contributed by atoms with Crippen LogP contribution in [0.25, 0.3) is 0 Å². The molecule has 134 valence electrons. The van der Waals surface area contributed by atoms with Gasteiger partial charge in [0, 0.05) is 31.2 Å². The van der Waals surface area contributed by atoms with Gasteiger partial charge in [-0.1, -0.05) is 6.08 Å². The average molecular weight is 342 g/mol. The van der Waals surface area contributed by atoms with Gasteiger partial charge in [-0.3, -0.25) is 9.78 Å². The molecule has 0 radical (unpaired) electrons. The molecule has 1 atom stereocenters. The molecule has 1 aromatic heterocycles. The number of amides is 1. The third-order valence-electron chi connectivity index (χ3n) is 5.75. The molecule has 3 aliphatic rings. The third-order valence-corrected chi connectivity index (χ3v) is 5.75. The molecule has 2 saturated heterocycles. The van der Waals surface area contributed by atoms with Crippen molar-refractivity contribution < 1.29 is 14.3 Å². The van der Waals surface area contributed by atoms with E-state index in [4.69, 9.17) is 9.47 Å². The van der Waals surface area contributed by atoms with Crippen LogP contribution in [0, 0.1) is 5.92 Å². The fourth-order valence-electron chi connectivity index (χ4n) is 4.25. The van der Waals surface area contributed by atoms with Crippen molar-refractivity contribution in [3.8, 4) is 0 Å². The minimum Gasteiger partial charge on any atom is -0.377 e. The van der Waals surface area contributed by atoms with E-state index in [1.807, 2.05) is 17.0 Å². The summed E-state index contributed by atoms with van der Waals surface area (Å²) in [6.07, 6.45) is 10.9. The maximum absolute atomic E-state index is 12.5. The zero-order chi connectivity index (χ0) is 17.1. The molecule has 4 rings (SSSR count). The summed E-state index contributed by atoms with van der Waals surface area (Å²) < 4.78 is 11.9. The molecule has 3 heterocycles. The van der Waals surface area contributed by atoms with Crippen LogP contribution in [0.4, 0.5) is 0 Å². The predicted molar refractivity (Wildman–Crippen MR) is 93.8 cm³/mol. The first-order valence-electron chi connectivity index (χ1n) is 9.36. The minimum absolute atomic E-state index is 0.116. The number of hydrogen-bond donors (Lipinski definition) is 0. The van der Waals surface area contributed by atoms with Gasteiger partial charge in [0.15, 0.2) is 0 Å². The lowest BCUT2D eigenvalue weighted by molar-refractivity contribution is -0.162. The summed E-state index contributed by atoms with van der Waals surface area (Å²) in [6.45, 7) is 3.66. The predicted octanol–water partition coefficient (Wildman–Crippen LogP) is 2.72. The van der Waals surface area contributed by atoms with Crippen molar-refractivity contribution in [2.45, 2.75) is 44.3 Å². The van der Waals surface area contributed by atoms with Crippen molar-refractivity contribution in [3.63, 3.8) is 0 Å². The van der Waals surface area contributed by atoms with E-state index in [0.29, 0.717) is 12.5 Å². The zero-order valence-electron chi connectivity index (χ0n) is 14.7. The molecule has 0 saturated carbocycles. The third kappa shape index (κ3) is 3.48. The number of hydrogen-bond acceptors (Lipinski definition) is 4. The molecular formula is C20H26N2O3. The van der Waals surface area contributed by atoms with Crippen molar-refractivity contribution in [2.24, 2.45) is 5.92 Å². The van der Waals surface area contributed by atoms with Crippen LogP contribution in [0.5, 0.6) is 0 Å². The molecule has 0 bridgehead atoms. The van der Waals surface area contributed by atoms with Crippen LogP contribution < -0.4 is 0 Å². The normalized spacial score (nSPS) is 24.4. The number of pyridine rings is 1. The summed E-state index contributed by atoms with van der Waals surface area (Å²) in [6, 6.07) is 3.96. The van der Waals surface area contributed by atoms with Gasteiger partial charge in [-0.15, -0.1) is 0 Å². The van der Waals surface area contributed by atoms with Crippen LogP contribution in [-0.2, 0) is 20.9 Å². The molecule has 2 aliphatic heterocycles. The van der Waals surface area contributed by atoms with Gasteiger partial charge in [-0.05, 0) is 55.7 Å². The summed E-state index contributed by atoms with van der Waals surface area (Å²) in [5, 5.41) is 0. The Labute approximate surface area is 149 Å². The summed E-state index contributed by atoms with van der Waals surface area (Å²) in [5.74, 6) is 0.720. The van der Waals surface area contributed by atoms with Gasteiger partial charge < -0.3 is 14.4 Å². The quantitative estimate of drug-likeness (QED) is 0.746. The van der Waals surface area contributed by atoms with E-state index in [1.54, 1.807) is 12.4 Å². The number of likely N-dealkylation sites (tertiary alicyclic amines) is 1. The van der Waals surface area contributed by atoms with Crippen LogP contribution in [0.2, 0.25) is 0 Å². The molecule has 5 heteroatoms. The highest BCUT2D eigenvalue weighted by Gasteiger charge is 2.54. The molecule has 25 heavy (non-hydrogen) atoms. The highest BCUT2D eigenvalue weighted by atomic mass is 16.5. The topological polar surface area (TPSA) is 51.7 Å². The van der Waals surface area contributed by atoms with E-state index in [1.165, 1.54) is 0 Å². The van der Waals surface area contributed by atoms with Crippen LogP contribution in [0.15, 0.2) is 36.2 Å². The number of carbonyl (C=O) groups is 1. The second-order valence-corrected chi connectivity index (χ2v) is 7.38. The fraction of sp³-hybridized carbons (Fsp3) is 0.600. The second kappa shape index (κ2) is 7.26. The number of carbonyl (C=O) groups excluding carboxylic acids is 1. The molecule has 0 aromatic carbocycles.